The van der Waals surface area contributed by atoms with Gasteiger partial charge in [0.25, 0.3) is 5.91 Å². The number of fused-ring (bicyclic) bond motifs is 3. The van der Waals surface area contributed by atoms with Gasteiger partial charge in [-0.2, -0.15) is 0 Å². The lowest BCUT2D eigenvalue weighted by atomic mass is 9.78. The lowest BCUT2D eigenvalue weighted by Crippen LogP contribution is -2.45. The Morgan fingerprint density at radius 2 is 1.90 bits per heavy atom. The van der Waals surface area contributed by atoms with E-state index in [1.165, 1.54) is 6.42 Å². The van der Waals surface area contributed by atoms with Gasteiger partial charge in [-0.25, -0.2) is 4.79 Å². The predicted molar refractivity (Wildman–Crippen MR) is 113 cm³/mol. The molecular formula is C24H31NO4. The molecule has 0 spiro atoms. The first-order valence-corrected chi connectivity index (χ1v) is 11.0. The number of ether oxygens (including phenoxy) is 1. The zero-order valence-corrected chi connectivity index (χ0v) is 17.7. The van der Waals surface area contributed by atoms with E-state index in [-0.39, 0.29) is 24.2 Å². The maximum absolute atomic E-state index is 12.6. The average molecular weight is 398 g/mol. The maximum Gasteiger partial charge on any atom is 0.339 e. The first-order chi connectivity index (χ1) is 13.9. The lowest BCUT2D eigenvalue weighted by molar-refractivity contribution is -0.124. The fourth-order valence-corrected chi connectivity index (χ4v) is 4.96. The van der Waals surface area contributed by atoms with Crippen LogP contribution in [0.1, 0.15) is 62.6 Å². The van der Waals surface area contributed by atoms with Crippen LogP contribution in [-0.4, -0.2) is 18.6 Å². The summed E-state index contributed by atoms with van der Waals surface area (Å²) >= 11 is 0. The molecule has 2 aromatic rings. The highest BCUT2D eigenvalue weighted by molar-refractivity contribution is 5.89. The summed E-state index contributed by atoms with van der Waals surface area (Å²) in [6.07, 6.45) is 7.08. The molecule has 29 heavy (non-hydrogen) atoms. The molecule has 1 aromatic carbocycles. The van der Waals surface area contributed by atoms with Crippen LogP contribution in [0.4, 0.5) is 0 Å². The third kappa shape index (κ3) is 4.05. The van der Waals surface area contributed by atoms with Gasteiger partial charge in [0.05, 0.1) is 5.39 Å². The summed E-state index contributed by atoms with van der Waals surface area (Å²) in [6.45, 7) is 6.40. The van der Waals surface area contributed by atoms with Crippen LogP contribution in [0.15, 0.2) is 21.3 Å². The molecule has 1 heterocycles. The first kappa shape index (κ1) is 20.0. The predicted octanol–water partition coefficient (Wildman–Crippen LogP) is 4.30. The number of rotatable bonds is 4. The average Bonchev–Trinajstić information content (AvgIpc) is 2.69. The van der Waals surface area contributed by atoms with E-state index in [9.17, 15) is 9.59 Å². The zero-order chi connectivity index (χ0) is 20.5. The fraction of sp³-hybridized carbons (Fsp3) is 0.583. The molecule has 0 bridgehead atoms. The van der Waals surface area contributed by atoms with Crippen LogP contribution in [0.5, 0.6) is 5.75 Å². The molecule has 0 saturated heterocycles. The van der Waals surface area contributed by atoms with E-state index in [0.717, 1.165) is 60.6 Å². The van der Waals surface area contributed by atoms with Crippen LogP contribution < -0.4 is 15.7 Å². The Morgan fingerprint density at radius 3 is 2.69 bits per heavy atom. The third-order valence-corrected chi connectivity index (χ3v) is 6.84. The first-order valence-electron chi connectivity index (χ1n) is 11.0. The molecule has 1 saturated carbocycles. The number of aryl methyl sites for hydroxylation is 2. The van der Waals surface area contributed by atoms with Crippen molar-refractivity contribution in [2.75, 3.05) is 6.61 Å². The Morgan fingerprint density at radius 1 is 1.14 bits per heavy atom. The molecule has 4 rings (SSSR count). The highest BCUT2D eigenvalue weighted by Crippen LogP contribution is 2.34. The van der Waals surface area contributed by atoms with Gasteiger partial charge in [0.2, 0.25) is 0 Å². The number of nitrogens with one attached hydrogen (secondary N) is 1. The normalized spacial score (nSPS) is 24.2. The smallest absolute Gasteiger partial charge is 0.339 e. The second-order valence-electron chi connectivity index (χ2n) is 8.92. The number of hydrogen-bond donors (Lipinski definition) is 1. The van der Waals surface area contributed by atoms with Crippen LogP contribution in [0, 0.1) is 18.8 Å². The minimum absolute atomic E-state index is 0.0238. The van der Waals surface area contributed by atoms with E-state index in [2.05, 4.69) is 19.2 Å². The second kappa shape index (κ2) is 8.21. The van der Waals surface area contributed by atoms with E-state index >= 15 is 0 Å². The van der Waals surface area contributed by atoms with Crippen LogP contribution >= 0.6 is 0 Å². The van der Waals surface area contributed by atoms with Gasteiger partial charge in [-0.15, -0.1) is 0 Å². The van der Waals surface area contributed by atoms with Crippen molar-refractivity contribution in [3.05, 3.63) is 39.2 Å². The van der Waals surface area contributed by atoms with E-state index in [0.29, 0.717) is 23.2 Å². The maximum atomic E-state index is 12.6. The van der Waals surface area contributed by atoms with Crippen LogP contribution in [0.25, 0.3) is 11.0 Å². The third-order valence-electron chi connectivity index (χ3n) is 6.84. The van der Waals surface area contributed by atoms with Crippen LogP contribution in [0.3, 0.4) is 0 Å². The summed E-state index contributed by atoms with van der Waals surface area (Å²) in [5, 5.41) is 4.02. The molecule has 0 aliphatic heterocycles. The Labute approximate surface area is 171 Å². The summed E-state index contributed by atoms with van der Waals surface area (Å²) in [7, 11) is 0. The molecule has 1 fully saturated rings. The van der Waals surface area contributed by atoms with E-state index in [4.69, 9.17) is 9.15 Å². The van der Waals surface area contributed by atoms with Gasteiger partial charge < -0.3 is 14.5 Å². The number of carbonyl (C=O) groups is 1. The molecule has 1 aromatic heterocycles. The monoisotopic (exact) mass is 397 g/mol. The van der Waals surface area contributed by atoms with Crippen molar-refractivity contribution in [3.63, 3.8) is 0 Å². The van der Waals surface area contributed by atoms with Gasteiger partial charge in [0, 0.05) is 11.6 Å². The molecular weight excluding hydrogens is 366 g/mol. The van der Waals surface area contributed by atoms with Crippen molar-refractivity contribution in [3.8, 4) is 5.75 Å². The summed E-state index contributed by atoms with van der Waals surface area (Å²) in [5.41, 5.74) is 3.07. The van der Waals surface area contributed by atoms with Gasteiger partial charge in [0.15, 0.2) is 6.61 Å². The van der Waals surface area contributed by atoms with Gasteiger partial charge in [-0.05, 0) is 74.1 Å². The molecule has 2 aliphatic carbocycles. The van der Waals surface area contributed by atoms with Gasteiger partial charge >= 0.3 is 5.63 Å². The van der Waals surface area contributed by atoms with Crippen molar-refractivity contribution >= 4 is 16.9 Å². The molecule has 0 unspecified atom stereocenters. The van der Waals surface area contributed by atoms with E-state index in [1.54, 1.807) is 0 Å². The topological polar surface area (TPSA) is 68.5 Å². The molecule has 3 atom stereocenters. The fourth-order valence-electron chi connectivity index (χ4n) is 4.96. The number of benzene rings is 1. The standard InChI is InChI=1S/C24H31NO4/c1-14-11-20(28-13-22(26)25-19-10-6-7-15(2)16(19)3)23-17-8-4-5-9-18(17)24(27)29-21(23)12-14/h11-12,15-16,19H,4-10,13H2,1-3H3,(H,25,26)/t15-,16+,19-/m0/s1. The Kier molecular flexibility index (Phi) is 5.66. The van der Waals surface area contributed by atoms with Crippen molar-refractivity contribution in [1.82, 2.24) is 5.32 Å². The molecule has 2 aliphatic rings. The SMILES string of the molecule is Cc1cc(OCC(=O)N[C@H]2CCC[C@H](C)[C@H]2C)c2c3c(c(=O)oc2c1)CCCC3. The van der Waals surface area contributed by atoms with Crippen molar-refractivity contribution < 1.29 is 13.9 Å². The van der Waals surface area contributed by atoms with E-state index in [1.807, 2.05) is 19.1 Å². The van der Waals surface area contributed by atoms with Gasteiger partial charge in [-0.3, -0.25) is 4.79 Å². The largest absolute Gasteiger partial charge is 0.483 e. The number of carbonyl (C=O) groups excluding carboxylic acids is 1. The number of hydrogen-bond acceptors (Lipinski definition) is 4. The van der Waals surface area contributed by atoms with E-state index < -0.39 is 0 Å². The molecule has 1 amide bonds. The Bertz CT molecular complexity index is 977. The van der Waals surface area contributed by atoms with Crippen molar-refractivity contribution in [2.24, 2.45) is 11.8 Å². The number of amides is 1. The second-order valence-corrected chi connectivity index (χ2v) is 8.92. The summed E-state index contributed by atoms with van der Waals surface area (Å²) in [5.74, 6) is 1.66. The molecule has 5 nitrogen and oxygen atoms in total. The molecule has 156 valence electrons. The minimum atomic E-state index is -0.234. The molecule has 0 radical (unpaired) electrons. The quantitative estimate of drug-likeness (QED) is 0.781. The molecule has 5 heteroatoms. The molecule has 1 N–H and O–H groups in total. The highest BCUT2D eigenvalue weighted by Gasteiger charge is 2.28. The Balaban J connectivity index is 1.56. The Hall–Kier alpha value is -2.30. The van der Waals surface area contributed by atoms with Gasteiger partial charge in [-0.1, -0.05) is 26.7 Å². The summed E-state index contributed by atoms with van der Waals surface area (Å²) in [6, 6.07) is 4.04. The minimum Gasteiger partial charge on any atom is -0.483 e. The van der Waals surface area contributed by atoms with Crippen molar-refractivity contribution in [1.29, 1.82) is 0 Å². The summed E-state index contributed by atoms with van der Waals surface area (Å²) < 4.78 is 11.6. The zero-order valence-electron chi connectivity index (χ0n) is 17.7. The lowest BCUT2D eigenvalue weighted by Gasteiger charge is -2.34. The van der Waals surface area contributed by atoms with Gasteiger partial charge in [0.1, 0.15) is 11.3 Å². The van der Waals surface area contributed by atoms with Crippen LogP contribution in [0.2, 0.25) is 0 Å². The van der Waals surface area contributed by atoms with Crippen molar-refractivity contribution in [2.45, 2.75) is 71.8 Å². The van der Waals surface area contributed by atoms with Crippen LogP contribution in [-0.2, 0) is 17.6 Å². The summed E-state index contributed by atoms with van der Waals surface area (Å²) in [4.78, 5) is 25.0. The highest BCUT2D eigenvalue weighted by atomic mass is 16.5.